The number of hydrogen-bond acceptors (Lipinski definition) is 5. The predicted molar refractivity (Wildman–Crippen MR) is 110 cm³/mol. The molecule has 1 saturated heterocycles. The van der Waals surface area contributed by atoms with Crippen LogP contribution in [-0.2, 0) is 25.9 Å². The Morgan fingerprint density at radius 1 is 1.23 bits per heavy atom. The molecule has 1 aliphatic rings. The van der Waals surface area contributed by atoms with Crippen LogP contribution in [0.5, 0.6) is 0 Å². The molecular formula is C22H26FNO5S. The number of halogens is 1. The van der Waals surface area contributed by atoms with Crippen LogP contribution in [0.1, 0.15) is 28.8 Å². The van der Waals surface area contributed by atoms with E-state index in [2.05, 4.69) is 0 Å². The Bertz CT molecular complexity index is 956. The van der Waals surface area contributed by atoms with E-state index in [4.69, 9.17) is 9.47 Å². The highest BCUT2D eigenvalue weighted by Gasteiger charge is 2.24. The lowest BCUT2D eigenvalue weighted by molar-refractivity contribution is 0.0507. The molecule has 6 nitrogen and oxygen atoms in total. The first kappa shape index (κ1) is 22.4. The summed E-state index contributed by atoms with van der Waals surface area (Å²) in [4.78, 5) is 14.9. The van der Waals surface area contributed by atoms with Gasteiger partial charge in [-0.25, -0.2) is 12.8 Å². The average Bonchev–Trinajstić information content (AvgIpc) is 3.25. The van der Waals surface area contributed by atoms with E-state index >= 15 is 0 Å². The molecule has 1 unspecified atom stereocenters. The number of ether oxygens (including phenoxy) is 2. The molecule has 3 rings (SSSR count). The van der Waals surface area contributed by atoms with Crippen molar-refractivity contribution in [3.63, 3.8) is 0 Å². The minimum atomic E-state index is -3.47. The van der Waals surface area contributed by atoms with Gasteiger partial charge < -0.3 is 14.4 Å². The summed E-state index contributed by atoms with van der Waals surface area (Å²) in [5.74, 6) is -0.736. The van der Waals surface area contributed by atoms with Crippen molar-refractivity contribution in [3.8, 4) is 0 Å². The summed E-state index contributed by atoms with van der Waals surface area (Å²) in [6.07, 6.45) is 1.75. The molecule has 30 heavy (non-hydrogen) atoms. The number of methoxy groups -OCH3 is 1. The summed E-state index contributed by atoms with van der Waals surface area (Å²) >= 11 is 0. The first-order valence-corrected chi connectivity index (χ1v) is 11.5. The lowest BCUT2D eigenvalue weighted by atomic mass is 10.1. The molecule has 1 fully saturated rings. The lowest BCUT2D eigenvalue weighted by Crippen LogP contribution is -2.37. The molecule has 0 radical (unpaired) electrons. The average molecular weight is 436 g/mol. The molecule has 0 N–H and O–H groups in total. The van der Waals surface area contributed by atoms with E-state index in [1.54, 1.807) is 17.0 Å². The van der Waals surface area contributed by atoms with Crippen molar-refractivity contribution in [1.82, 2.24) is 4.90 Å². The smallest absolute Gasteiger partial charge is 0.254 e. The van der Waals surface area contributed by atoms with Gasteiger partial charge in [-0.3, -0.25) is 4.79 Å². The summed E-state index contributed by atoms with van der Waals surface area (Å²) in [6, 6.07) is 12.0. The third-order valence-electron chi connectivity index (χ3n) is 5.01. The molecule has 0 spiro atoms. The van der Waals surface area contributed by atoms with Crippen LogP contribution in [0, 0.1) is 5.82 Å². The van der Waals surface area contributed by atoms with Crippen molar-refractivity contribution in [2.24, 2.45) is 0 Å². The molecule has 0 aromatic heterocycles. The molecule has 0 bridgehead atoms. The fourth-order valence-electron chi connectivity index (χ4n) is 3.41. The van der Waals surface area contributed by atoms with Crippen LogP contribution in [0.15, 0.2) is 53.4 Å². The number of sulfone groups is 1. The second-order valence-electron chi connectivity index (χ2n) is 7.29. The number of carbonyl (C=O) groups is 1. The zero-order valence-electron chi connectivity index (χ0n) is 16.9. The fraction of sp³-hybridized carbons (Fsp3) is 0.409. The summed E-state index contributed by atoms with van der Waals surface area (Å²) < 4.78 is 48.7. The standard InChI is InChI=1S/C22H26FNO5S/c1-28-12-13-30(26,27)21-9-7-18(8-10-21)22(25)24(16-20-6-3-11-29-20)15-17-4-2-5-19(23)14-17/h2,4-5,7-10,14,20H,3,6,11-13,15-16H2,1H3. The molecule has 8 heteroatoms. The Hall–Kier alpha value is -2.29. The van der Waals surface area contributed by atoms with Crippen LogP contribution in [0.4, 0.5) is 4.39 Å². The molecular weight excluding hydrogens is 409 g/mol. The van der Waals surface area contributed by atoms with Crippen molar-refractivity contribution in [2.75, 3.05) is 32.6 Å². The quantitative estimate of drug-likeness (QED) is 0.605. The Labute approximate surface area is 176 Å². The molecule has 0 saturated carbocycles. The van der Waals surface area contributed by atoms with Crippen LogP contribution in [-0.4, -0.2) is 58.0 Å². The summed E-state index contributed by atoms with van der Waals surface area (Å²) in [6.45, 7) is 1.40. The molecule has 1 aliphatic heterocycles. The molecule has 2 aromatic rings. The fourth-order valence-corrected chi connectivity index (χ4v) is 4.58. The van der Waals surface area contributed by atoms with Gasteiger partial charge in [-0.2, -0.15) is 0 Å². The minimum absolute atomic E-state index is 0.0591. The van der Waals surface area contributed by atoms with Gasteiger partial charge in [0.15, 0.2) is 9.84 Å². The van der Waals surface area contributed by atoms with E-state index in [1.165, 1.54) is 43.5 Å². The maximum absolute atomic E-state index is 13.6. The molecule has 1 amide bonds. The van der Waals surface area contributed by atoms with Crippen molar-refractivity contribution in [1.29, 1.82) is 0 Å². The van der Waals surface area contributed by atoms with Gasteiger partial charge in [0, 0.05) is 32.4 Å². The Morgan fingerprint density at radius 3 is 2.63 bits per heavy atom. The van der Waals surface area contributed by atoms with Gasteiger partial charge in [0.05, 0.1) is 23.4 Å². The van der Waals surface area contributed by atoms with Gasteiger partial charge in [-0.05, 0) is 54.8 Å². The van der Waals surface area contributed by atoms with Crippen molar-refractivity contribution >= 4 is 15.7 Å². The van der Waals surface area contributed by atoms with Gasteiger partial charge in [0.1, 0.15) is 5.82 Å². The number of carbonyl (C=O) groups excluding carboxylic acids is 1. The van der Waals surface area contributed by atoms with E-state index in [-0.39, 0.29) is 41.6 Å². The minimum Gasteiger partial charge on any atom is -0.384 e. The third kappa shape index (κ3) is 5.87. The Kier molecular flexibility index (Phi) is 7.58. The molecule has 1 atom stereocenters. The zero-order chi connectivity index (χ0) is 21.6. The maximum Gasteiger partial charge on any atom is 0.254 e. The first-order chi connectivity index (χ1) is 14.4. The topological polar surface area (TPSA) is 72.9 Å². The lowest BCUT2D eigenvalue weighted by Gasteiger charge is -2.26. The van der Waals surface area contributed by atoms with E-state index < -0.39 is 9.84 Å². The number of rotatable bonds is 9. The summed E-state index contributed by atoms with van der Waals surface area (Å²) in [7, 11) is -2.03. The van der Waals surface area contributed by atoms with Crippen LogP contribution in [0.2, 0.25) is 0 Å². The molecule has 162 valence electrons. The van der Waals surface area contributed by atoms with Crippen molar-refractivity contribution < 1.29 is 27.1 Å². The largest absolute Gasteiger partial charge is 0.384 e. The number of hydrogen-bond donors (Lipinski definition) is 0. The van der Waals surface area contributed by atoms with E-state index in [0.717, 1.165) is 12.8 Å². The predicted octanol–water partition coefficient (Wildman–Crippen LogP) is 3.07. The molecule has 0 aliphatic carbocycles. The van der Waals surface area contributed by atoms with Crippen LogP contribution >= 0.6 is 0 Å². The van der Waals surface area contributed by atoms with Crippen LogP contribution < -0.4 is 0 Å². The highest BCUT2D eigenvalue weighted by molar-refractivity contribution is 7.91. The zero-order valence-corrected chi connectivity index (χ0v) is 17.7. The van der Waals surface area contributed by atoms with Gasteiger partial charge in [-0.15, -0.1) is 0 Å². The SMILES string of the molecule is COCCS(=O)(=O)c1ccc(C(=O)N(Cc2cccc(F)c2)CC2CCCO2)cc1. The van der Waals surface area contributed by atoms with Crippen LogP contribution in [0.3, 0.4) is 0 Å². The number of benzene rings is 2. The van der Waals surface area contributed by atoms with Crippen molar-refractivity contribution in [2.45, 2.75) is 30.4 Å². The third-order valence-corrected chi connectivity index (χ3v) is 6.71. The first-order valence-electron chi connectivity index (χ1n) is 9.86. The second-order valence-corrected chi connectivity index (χ2v) is 9.40. The summed E-state index contributed by atoms with van der Waals surface area (Å²) in [5, 5.41) is 0. The Morgan fingerprint density at radius 2 is 2.00 bits per heavy atom. The van der Waals surface area contributed by atoms with Crippen molar-refractivity contribution in [3.05, 3.63) is 65.5 Å². The van der Waals surface area contributed by atoms with E-state index in [0.29, 0.717) is 24.3 Å². The molecule has 1 heterocycles. The maximum atomic E-state index is 13.6. The number of amides is 1. The monoisotopic (exact) mass is 435 g/mol. The Balaban J connectivity index is 1.79. The van der Waals surface area contributed by atoms with E-state index in [9.17, 15) is 17.6 Å². The summed E-state index contributed by atoms with van der Waals surface area (Å²) in [5.41, 5.74) is 1.05. The second kappa shape index (κ2) is 10.1. The van der Waals surface area contributed by atoms with Gasteiger partial charge in [0.25, 0.3) is 5.91 Å². The highest BCUT2D eigenvalue weighted by Crippen LogP contribution is 2.19. The highest BCUT2D eigenvalue weighted by atomic mass is 32.2. The van der Waals surface area contributed by atoms with Crippen LogP contribution in [0.25, 0.3) is 0 Å². The molecule has 2 aromatic carbocycles. The normalized spacial score (nSPS) is 16.5. The van der Waals surface area contributed by atoms with Gasteiger partial charge in [0.2, 0.25) is 0 Å². The van der Waals surface area contributed by atoms with E-state index in [1.807, 2.05) is 0 Å². The van der Waals surface area contributed by atoms with Gasteiger partial charge >= 0.3 is 0 Å². The number of nitrogens with zero attached hydrogens (tertiary/aromatic N) is 1. The van der Waals surface area contributed by atoms with Gasteiger partial charge in [-0.1, -0.05) is 12.1 Å².